The summed E-state index contributed by atoms with van der Waals surface area (Å²) in [5, 5.41) is 7.14. The van der Waals surface area contributed by atoms with Gasteiger partial charge in [-0.1, -0.05) is 18.6 Å². The highest BCUT2D eigenvalue weighted by molar-refractivity contribution is 14.0. The lowest BCUT2D eigenvalue weighted by molar-refractivity contribution is 0.164. The molecule has 0 saturated carbocycles. The molecule has 3 rings (SSSR count). The van der Waals surface area contributed by atoms with Crippen LogP contribution < -0.4 is 15.4 Å². The molecule has 1 atom stereocenters. The number of hydrogen-bond acceptors (Lipinski definition) is 4. The van der Waals surface area contributed by atoms with Gasteiger partial charge in [0.2, 0.25) is 0 Å². The van der Waals surface area contributed by atoms with E-state index in [4.69, 9.17) is 4.74 Å². The van der Waals surface area contributed by atoms with Crippen LogP contribution in [-0.4, -0.2) is 76.2 Å². The fourth-order valence-electron chi connectivity index (χ4n) is 4.67. The Bertz CT molecular complexity index is 640. The van der Waals surface area contributed by atoms with E-state index in [1.54, 1.807) is 7.11 Å². The Labute approximate surface area is 206 Å². The number of hydrogen-bond donors (Lipinski definition) is 2. The van der Waals surface area contributed by atoms with E-state index in [0.717, 1.165) is 30.7 Å². The summed E-state index contributed by atoms with van der Waals surface area (Å²) < 4.78 is 5.35. The largest absolute Gasteiger partial charge is 0.497 e. The number of piperidine rings is 2. The fraction of sp³-hybridized carbons (Fsp3) is 0.708. The monoisotopic (exact) mass is 543 g/mol. The third kappa shape index (κ3) is 8.42. The Morgan fingerprint density at radius 3 is 2.35 bits per heavy atom. The van der Waals surface area contributed by atoms with E-state index in [-0.39, 0.29) is 24.0 Å². The Morgan fingerprint density at radius 2 is 1.74 bits per heavy atom. The van der Waals surface area contributed by atoms with E-state index in [1.807, 2.05) is 7.05 Å². The number of methoxy groups -OCH3 is 1. The Balaban J connectivity index is 0.00000341. The predicted octanol–water partition coefficient (Wildman–Crippen LogP) is 3.74. The van der Waals surface area contributed by atoms with E-state index >= 15 is 0 Å². The lowest BCUT2D eigenvalue weighted by Gasteiger charge is -2.35. The number of guanidine groups is 1. The number of ether oxygens (including phenoxy) is 1. The second-order valence-electron chi connectivity index (χ2n) is 8.80. The Morgan fingerprint density at radius 1 is 1.06 bits per heavy atom. The van der Waals surface area contributed by atoms with Crippen LogP contribution in [0.2, 0.25) is 0 Å². The van der Waals surface area contributed by atoms with Gasteiger partial charge in [0.1, 0.15) is 5.75 Å². The summed E-state index contributed by atoms with van der Waals surface area (Å²) in [5.74, 6) is 2.67. The topological polar surface area (TPSA) is 52.1 Å². The number of aliphatic imine (C=N–C) groups is 1. The zero-order valence-electron chi connectivity index (χ0n) is 19.6. The lowest BCUT2D eigenvalue weighted by atomic mass is 9.94. The number of halogens is 1. The summed E-state index contributed by atoms with van der Waals surface area (Å²) >= 11 is 0. The van der Waals surface area contributed by atoms with Gasteiger partial charge in [0, 0.05) is 20.1 Å². The molecule has 1 aromatic carbocycles. The second-order valence-corrected chi connectivity index (χ2v) is 8.80. The van der Waals surface area contributed by atoms with E-state index in [0.29, 0.717) is 6.04 Å². The molecule has 31 heavy (non-hydrogen) atoms. The minimum Gasteiger partial charge on any atom is -0.497 e. The Hall–Kier alpha value is -1.06. The summed E-state index contributed by atoms with van der Waals surface area (Å²) in [4.78, 5) is 9.52. The van der Waals surface area contributed by atoms with Crippen molar-refractivity contribution in [3.05, 3.63) is 29.8 Å². The van der Waals surface area contributed by atoms with E-state index in [1.165, 1.54) is 70.3 Å². The number of likely N-dealkylation sites (tertiary alicyclic amines) is 2. The molecular formula is C24H42IN5O. The number of nitrogens with zero attached hydrogens (tertiary/aromatic N) is 3. The van der Waals surface area contributed by atoms with Crippen LogP contribution in [0.4, 0.5) is 0 Å². The highest BCUT2D eigenvalue weighted by Crippen LogP contribution is 2.26. The number of rotatable bonds is 8. The van der Waals surface area contributed by atoms with E-state index in [9.17, 15) is 0 Å². The van der Waals surface area contributed by atoms with Gasteiger partial charge >= 0.3 is 0 Å². The number of benzene rings is 1. The zero-order valence-corrected chi connectivity index (χ0v) is 21.9. The maximum absolute atomic E-state index is 5.35. The first-order chi connectivity index (χ1) is 14.7. The first-order valence-electron chi connectivity index (χ1n) is 11.7. The van der Waals surface area contributed by atoms with Gasteiger partial charge in [-0.2, -0.15) is 0 Å². The Kier molecular flexibility index (Phi) is 12.0. The summed E-state index contributed by atoms with van der Waals surface area (Å²) in [5.41, 5.74) is 1.34. The minimum absolute atomic E-state index is 0. The van der Waals surface area contributed by atoms with Crippen molar-refractivity contribution in [2.75, 3.05) is 60.5 Å². The minimum atomic E-state index is 0. The van der Waals surface area contributed by atoms with Crippen molar-refractivity contribution >= 4 is 29.9 Å². The molecule has 0 spiro atoms. The van der Waals surface area contributed by atoms with Crippen LogP contribution in [0, 0.1) is 5.92 Å². The normalized spacial score (nSPS) is 20.0. The predicted molar refractivity (Wildman–Crippen MR) is 141 cm³/mol. The van der Waals surface area contributed by atoms with Crippen molar-refractivity contribution in [3.63, 3.8) is 0 Å². The summed E-state index contributed by atoms with van der Waals surface area (Å²) in [6.45, 7) is 6.65. The van der Waals surface area contributed by atoms with Crippen LogP contribution in [0.1, 0.15) is 50.1 Å². The van der Waals surface area contributed by atoms with Crippen molar-refractivity contribution in [2.45, 2.75) is 44.6 Å². The molecule has 6 nitrogen and oxygen atoms in total. The van der Waals surface area contributed by atoms with Crippen LogP contribution in [0.3, 0.4) is 0 Å². The van der Waals surface area contributed by atoms with Crippen LogP contribution in [-0.2, 0) is 0 Å². The van der Waals surface area contributed by atoms with Gasteiger partial charge in [0.05, 0.1) is 13.2 Å². The zero-order chi connectivity index (χ0) is 21.2. The molecule has 0 aliphatic carbocycles. The van der Waals surface area contributed by atoms with Gasteiger partial charge in [0.15, 0.2) is 5.96 Å². The molecule has 7 heteroatoms. The first-order valence-corrected chi connectivity index (χ1v) is 11.7. The lowest BCUT2D eigenvalue weighted by Crippen LogP contribution is -2.45. The van der Waals surface area contributed by atoms with Gasteiger partial charge in [-0.25, -0.2) is 0 Å². The standard InChI is InChI=1S/C24H41N5O.HI/c1-25-24(26-14-11-20-12-17-28(2)18-13-20)27-19-23(29-15-5-4-6-16-29)21-7-9-22(30-3)10-8-21;/h7-10,20,23H,4-6,11-19H2,1-3H3,(H2,25,26,27);1H. The third-order valence-corrected chi connectivity index (χ3v) is 6.70. The molecule has 2 saturated heterocycles. The quantitative estimate of drug-likeness (QED) is 0.298. The van der Waals surface area contributed by atoms with Crippen molar-refractivity contribution in [3.8, 4) is 5.75 Å². The molecule has 0 radical (unpaired) electrons. The third-order valence-electron chi connectivity index (χ3n) is 6.70. The van der Waals surface area contributed by atoms with Gasteiger partial charge in [-0.05, 0) is 88.9 Å². The molecule has 2 N–H and O–H groups in total. The maximum atomic E-state index is 5.35. The summed E-state index contributed by atoms with van der Waals surface area (Å²) in [7, 11) is 5.82. The van der Waals surface area contributed by atoms with Crippen molar-refractivity contribution in [1.82, 2.24) is 20.4 Å². The molecular weight excluding hydrogens is 501 g/mol. The van der Waals surface area contributed by atoms with Gasteiger partial charge in [0.25, 0.3) is 0 Å². The molecule has 2 aliphatic heterocycles. The van der Waals surface area contributed by atoms with Crippen LogP contribution in [0.5, 0.6) is 5.75 Å². The van der Waals surface area contributed by atoms with Crippen molar-refractivity contribution in [1.29, 1.82) is 0 Å². The molecule has 2 heterocycles. The van der Waals surface area contributed by atoms with Crippen LogP contribution in [0.25, 0.3) is 0 Å². The fourth-order valence-corrected chi connectivity index (χ4v) is 4.67. The van der Waals surface area contributed by atoms with E-state index < -0.39 is 0 Å². The molecule has 0 bridgehead atoms. The van der Waals surface area contributed by atoms with Gasteiger partial charge in [-0.3, -0.25) is 9.89 Å². The highest BCUT2D eigenvalue weighted by atomic mass is 127. The average Bonchev–Trinajstić information content (AvgIpc) is 2.80. The molecule has 0 amide bonds. The first kappa shape index (κ1) is 26.2. The smallest absolute Gasteiger partial charge is 0.191 e. The SMILES string of the molecule is CN=C(NCCC1CCN(C)CC1)NCC(c1ccc(OC)cc1)N1CCCCC1.I. The molecule has 2 fully saturated rings. The summed E-state index contributed by atoms with van der Waals surface area (Å²) in [6.07, 6.45) is 7.78. The maximum Gasteiger partial charge on any atom is 0.191 e. The van der Waals surface area contributed by atoms with Gasteiger partial charge in [-0.15, -0.1) is 24.0 Å². The summed E-state index contributed by atoms with van der Waals surface area (Å²) in [6, 6.07) is 8.90. The van der Waals surface area contributed by atoms with Crippen molar-refractivity contribution < 1.29 is 4.74 Å². The number of nitrogens with one attached hydrogen (secondary N) is 2. The molecule has 1 unspecified atom stereocenters. The van der Waals surface area contributed by atoms with Crippen LogP contribution in [0.15, 0.2) is 29.3 Å². The van der Waals surface area contributed by atoms with E-state index in [2.05, 4.69) is 56.7 Å². The van der Waals surface area contributed by atoms with Crippen molar-refractivity contribution in [2.24, 2.45) is 10.9 Å². The molecule has 176 valence electrons. The highest BCUT2D eigenvalue weighted by Gasteiger charge is 2.23. The second kappa shape index (κ2) is 14.2. The van der Waals surface area contributed by atoms with Crippen LogP contribution >= 0.6 is 24.0 Å². The molecule has 2 aliphatic rings. The molecule has 1 aromatic rings. The average molecular weight is 544 g/mol. The molecule has 0 aromatic heterocycles. The van der Waals surface area contributed by atoms with Gasteiger partial charge < -0.3 is 20.3 Å².